The number of benzene rings is 2. The normalized spacial score (nSPS) is 23.1. The van der Waals surface area contributed by atoms with E-state index in [0.717, 1.165) is 50.1 Å². The van der Waals surface area contributed by atoms with Crippen LogP contribution in [0, 0.1) is 0 Å². The molecule has 8 nitrogen and oxygen atoms in total. The maximum Gasteiger partial charge on any atom is 0.242 e. The quantitative estimate of drug-likeness (QED) is 0.574. The fraction of sp³-hybridized carbons (Fsp3) is 0.500. The number of sulfonamides is 1. The van der Waals surface area contributed by atoms with Crippen molar-refractivity contribution in [3.63, 3.8) is 0 Å². The number of likely N-dealkylation sites (tertiary alicyclic amines) is 3. The van der Waals surface area contributed by atoms with Gasteiger partial charge in [-0.1, -0.05) is 42.5 Å². The lowest BCUT2D eigenvalue weighted by atomic mass is 10.1. The fourth-order valence-corrected chi connectivity index (χ4v) is 7.01. The minimum atomic E-state index is -3.88. The SMILES string of the molecule is O=C1[C@@H](NS(=O)(=O)c2ccc(-c3ccccc3)cc2)CCCN1CC(=O)N1CCC[C@H]1CN1CCCC1. The summed E-state index contributed by atoms with van der Waals surface area (Å²) in [7, 11) is -3.88. The highest BCUT2D eigenvalue weighted by Crippen LogP contribution is 2.24. The second kappa shape index (κ2) is 11.3. The smallest absolute Gasteiger partial charge is 0.242 e. The molecule has 2 atom stereocenters. The largest absolute Gasteiger partial charge is 0.337 e. The lowest BCUT2D eigenvalue weighted by molar-refractivity contribution is -0.143. The van der Waals surface area contributed by atoms with Crippen molar-refractivity contribution in [3.05, 3.63) is 54.6 Å². The van der Waals surface area contributed by atoms with Crippen LogP contribution in [0.2, 0.25) is 0 Å². The molecule has 0 bridgehead atoms. The van der Waals surface area contributed by atoms with E-state index in [1.54, 1.807) is 24.3 Å². The van der Waals surface area contributed by atoms with Gasteiger partial charge in [0, 0.05) is 25.7 Å². The number of amides is 2. The van der Waals surface area contributed by atoms with Gasteiger partial charge in [0.05, 0.1) is 11.4 Å². The first-order valence-corrected chi connectivity index (χ1v) is 14.9. The molecule has 0 aliphatic carbocycles. The van der Waals surface area contributed by atoms with Gasteiger partial charge in [0.1, 0.15) is 6.04 Å². The van der Waals surface area contributed by atoms with Crippen LogP contribution in [0.15, 0.2) is 59.5 Å². The first-order valence-electron chi connectivity index (χ1n) is 13.4. The van der Waals surface area contributed by atoms with Gasteiger partial charge in [0.2, 0.25) is 21.8 Å². The van der Waals surface area contributed by atoms with Gasteiger partial charge in [-0.3, -0.25) is 9.59 Å². The van der Waals surface area contributed by atoms with Crippen molar-refractivity contribution in [1.82, 2.24) is 19.4 Å². The second-order valence-electron chi connectivity index (χ2n) is 10.4. The molecule has 0 radical (unpaired) electrons. The van der Waals surface area contributed by atoms with Gasteiger partial charge in [-0.25, -0.2) is 8.42 Å². The molecule has 3 aliphatic heterocycles. The number of hydrogen-bond acceptors (Lipinski definition) is 5. The Hall–Kier alpha value is -2.75. The molecule has 2 aromatic carbocycles. The summed E-state index contributed by atoms with van der Waals surface area (Å²) in [4.78, 5) is 32.4. The Morgan fingerprint density at radius 1 is 0.838 bits per heavy atom. The number of piperidine rings is 1. The summed E-state index contributed by atoms with van der Waals surface area (Å²) >= 11 is 0. The summed E-state index contributed by atoms with van der Waals surface area (Å²) in [6.07, 6.45) is 5.50. The topological polar surface area (TPSA) is 90.0 Å². The highest BCUT2D eigenvalue weighted by Gasteiger charge is 2.36. The van der Waals surface area contributed by atoms with Crippen LogP contribution in [0.5, 0.6) is 0 Å². The van der Waals surface area contributed by atoms with Gasteiger partial charge < -0.3 is 14.7 Å². The van der Waals surface area contributed by atoms with Gasteiger partial charge in [-0.2, -0.15) is 4.72 Å². The van der Waals surface area contributed by atoms with E-state index in [0.29, 0.717) is 19.4 Å². The maximum atomic E-state index is 13.2. The van der Waals surface area contributed by atoms with Crippen molar-refractivity contribution >= 4 is 21.8 Å². The molecular weight excluding hydrogens is 488 g/mol. The summed E-state index contributed by atoms with van der Waals surface area (Å²) < 4.78 is 28.8. The van der Waals surface area contributed by atoms with Crippen molar-refractivity contribution in [2.24, 2.45) is 0 Å². The van der Waals surface area contributed by atoms with E-state index >= 15 is 0 Å². The molecule has 0 saturated carbocycles. The molecule has 3 fully saturated rings. The third kappa shape index (κ3) is 6.05. The van der Waals surface area contributed by atoms with Crippen LogP contribution in [-0.2, 0) is 19.6 Å². The Labute approximate surface area is 219 Å². The summed E-state index contributed by atoms with van der Waals surface area (Å²) in [5, 5.41) is 0. The lowest BCUT2D eigenvalue weighted by Gasteiger charge is -2.34. The number of nitrogens with one attached hydrogen (secondary N) is 1. The molecule has 37 heavy (non-hydrogen) atoms. The van der Waals surface area contributed by atoms with Crippen LogP contribution in [-0.4, -0.2) is 86.3 Å². The van der Waals surface area contributed by atoms with Gasteiger partial charge >= 0.3 is 0 Å². The molecule has 0 aromatic heterocycles. The summed E-state index contributed by atoms with van der Waals surface area (Å²) in [5.41, 5.74) is 1.92. The molecule has 3 aliphatic rings. The molecule has 198 valence electrons. The molecule has 0 spiro atoms. The number of rotatable bonds is 8. The van der Waals surface area contributed by atoms with Crippen molar-refractivity contribution < 1.29 is 18.0 Å². The predicted molar refractivity (Wildman–Crippen MR) is 142 cm³/mol. The zero-order chi connectivity index (χ0) is 25.8. The Balaban J connectivity index is 1.20. The van der Waals surface area contributed by atoms with Gasteiger partial charge in [-0.15, -0.1) is 0 Å². The number of carbonyl (C=O) groups is 2. The Kier molecular flexibility index (Phi) is 7.92. The molecule has 5 rings (SSSR count). The maximum absolute atomic E-state index is 13.2. The Morgan fingerprint density at radius 2 is 1.51 bits per heavy atom. The van der Waals surface area contributed by atoms with Crippen molar-refractivity contribution in [2.75, 3.05) is 39.3 Å². The number of nitrogens with zero attached hydrogens (tertiary/aromatic N) is 3. The monoisotopic (exact) mass is 524 g/mol. The fourth-order valence-electron chi connectivity index (χ4n) is 5.79. The molecule has 1 N–H and O–H groups in total. The van der Waals surface area contributed by atoms with Crippen LogP contribution in [0.1, 0.15) is 38.5 Å². The molecular formula is C28H36N4O4S. The van der Waals surface area contributed by atoms with E-state index in [1.165, 1.54) is 17.7 Å². The summed E-state index contributed by atoms with van der Waals surface area (Å²) in [5.74, 6) is -0.352. The van der Waals surface area contributed by atoms with Crippen LogP contribution in [0.25, 0.3) is 11.1 Å². The molecule has 3 saturated heterocycles. The molecule has 0 unspecified atom stereocenters. The second-order valence-corrected chi connectivity index (χ2v) is 12.1. The zero-order valence-corrected chi connectivity index (χ0v) is 22.0. The minimum absolute atomic E-state index is 0.0132. The molecule has 3 heterocycles. The van der Waals surface area contributed by atoms with E-state index in [9.17, 15) is 18.0 Å². The van der Waals surface area contributed by atoms with Crippen molar-refractivity contribution in [3.8, 4) is 11.1 Å². The minimum Gasteiger partial charge on any atom is -0.337 e. The Morgan fingerprint density at radius 3 is 2.24 bits per heavy atom. The van der Waals surface area contributed by atoms with E-state index in [-0.39, 0.29) is 29.3 Å². The first kappa shape index (κ1) is 25.9. The van der Waals surface area contributed by atoms with E-state index in [1.807, 2.05) is 35.2 Å². The van der Waals surface area contributed by atoms with E-state index < -0.39 is 16.1 Å². The van der Waals surface area contributed by atoms with E-state index in [2.05, 4.69) is 9.62 Å². The molecule has 2 amide bonds. The highest BCUT2D eigenvalue weighted by molar-refractivity contribution is 7.89. The van der Waals surface area contributed by atoms with Crippen molar-refractivity contribution in [1.29, 1.82) is 0 Å². The predicted octanol–water partition coefficient (Wildman–Crippen LogP) is 2.71. The third-order valence-electron chi connectivity index (χ3n) is 7.79. The number of hydrogen-bond donors (Lipinski definition) is 1. The number of carbonyl (C=O) groups excluding carboxylic acids is 2. The summed E-state index contributed by atoms with van der Waals surface area (Å²) in [6.45, 7) is 4.32. The lowest BCUT2D eigenvalue weighted by Crippen LogP contribution is -2.55. The third-order valence-corrected chi connectivity index (χ3v) is 9.28. The molecule has 9 heteroatoms. The van der Waals surface area contributed by atoms with Crippen molar-refractivity contribution in [2.45, 2.75) is 55.5 Å². The van der Waals surface area contributed by atoms with Gasteiger partial charge in [0.15, 0.2) is 0 Å². The summed E-state index contributed by atoms with van der Waals surface area (Å²) in [6, 6.07) is 15.7. The zero-order valence-electron chi connectivity index (χ0n) is 21.2. The Bertz CT molecular complexity index is 1200. The molecule has 2 aromatic rings. The highest BCUT2D eigenvalue weighted by atomic mass is 32.2. The average molecular weight is 525 g/mol. The average Bonchev–Trinajstić information content (AvgIpc) is 3.60. The van der Waals surface area contributed by atoms with Crippen LogP contribution >= 0.6 is 0 Å². The first-order chi connectivity index (χ1) is 17.9. The standard InChI is InChI=1S/C28H36N4O4S/c33-27(32-19-6-10-24(32)20-30-16-4-5-17-30)21-31-18-7-11-26(28(31)34)29-37(35,36)25-14-12-23(13-15-25)22-8-2-1-3-9-22/h1-3,8-9,12-15,24,26,29H,4-7,10-11,16-21H2/t24-,26-/m0/s1. The van der Waals surface area contributed by atoms with Gasteiger partial charge in [-0.05, 0) is 74.9 Å². The van der Waals surface area contributed by atoms with Gasteiger partial charge in [0.25, 0.3) is 0 Å². The van der Waals surface area contributed by atoms with Crippen LogP contribution < -0.4 is 4.72 Å². The van der Waals surface area contributed by atoms with E-state index in [4.69, 9.17) is 0 Å². The van der Waals surface area contributed by atoms with Crippen LogP contribution in [0.3, 0.4) is 0 Å². The van der Waals surface area contributed by atoms with Crippen LogP contribution in [0.4, 0.5) is 0 Å².